The molecule has 2 aromatic rings. The predicted octanol–water partition coefficient (Wildman–Crippen LogP) is 3.23. The molecular weight excluding hydrogens is 266 g/mol. The van der Waals surface area contributed by atoms with Crippen molar-refractivity contribution in [1.82, 2.24) is 4.98 Å². The summed E-state index contributed by atoms with van der Waals surface area (Å²) in [5.74, 6) is 0. The maximum absolute atomic E-state index is 10.1. The molecule has 0 fully saturated rings. The summed E-state index contributed by atoms with van der Waals surface area (Å²) in [4.78, 5) is 4.04. The molecule has 2 nitrogen and oxygen atoms in total. The summed E-state index contributed by atoms with van der Waals surface area (Å²) in [6.45, 7) is 2.02. The van der Waals surface area contributed by atoms with E-state index < -0.39 is 6.10 Å². The molecule has 1 aromatic heterocycles. The van der Waals surface area contributed by atoms with Crippen LogP contribution in [0, 0.1) is 6.92 Å². The first-order valence-electron chi connectivity index (χ1n) is 5.02. The lowest BCUT2D eigenvalue weighted by Gasteiger charge is -2.11. The molecule has 1 heterocycles. The molecule has 0 bridgehead atoms. The van der Waals surface area contributed by atoms with Gasteiger partial charge >= 0.3 is 0 Å². The fraction of sp³-hybridized carbons (Fsp3) is 0.154. The van der Waals surface area contributed by atoms with Gasteiger partial charge in [0.2, 0.25) is 0 Å². The van der Waals surface area contributed by atoms with Crippen LogP contribution in [0.15, 0.2) is 47.2 Å². The van der Waals surface area contributed by atoms with Gasteiger partial charge in [-0.15, -0.1) is 0 Å². The lowest BCUT2D eigenvalue weighted by Crippen LogP contribution is -2.00. The van der Waals surface area contributed by atoms with Crippen molar-refractivity contribution in [2.45, 2.75) is 13.0 Å². The summed E-state index contributed by atoms with van der Waals surface area (Å²) in [5, 5.41) is 10.1. The Morgan fingerprint density at radius 3 is 2.44 bits per heavy atom. The molecule has 82 valence electrons. The molecule has 16 heavy (non-hydrogen) atoms. The van der Waals surface area contributed by atoms with Crippen molar-refractivity contribution in [2.75, 3.05) is 0 Å². The predicted molar refractivity (Wildman–Crippen MR) is 67.2 cm³/mol. The molecular formula is C13H12BrNO. The summed E-state index contributed by atoms with van der Waals surface area (Å²) >= 11 is 3.34. The van der Waals surface area contributed by atoms with Crippen LogP contribution in [0.3, 0.4) is 0 Å². The second kappa shape index (κ2) is 4.76. The second-order valence-corrected chi connectivity index (χ2v) is 4.67. The fourth-order valence-electron chi connectivity index (χ4n) is 1.52. The van der Waals surface area contributed by atoms with Gasteiger partial charge in [0, 0.05) is 22.4 Å². The van der Waals surface area contributed by atoms with Crippen molar-refractivity contribution in [2.24, 2.45) is 0 Å². The molecule has 0 saturated heterocycles. The molecule has 1 N–H and O–H groups in total. The maximum atomic E-state index is 10.1. The minimum Gasteiger partial charge on any atom is -0.384 e. The molecule has 1 aromatic carbocycles. The normalized spacial score (nSPS) is 12.4. The largest absolute Gasteiger partial charge is 0.384 e. The van der Waals surface area contributed by atoms with Crippen LogP contribution in [-0.4, -0.2) is 10.1 Å². The number of aliphatic hydroxyl groups excluding tert-OH is 1. The van der Waals surface area contributed by atoms with E-state index in [1.807, 2.05) is 37.3 Å². The topological polar surface area (TPSA) is 33.1 Å². The summed E-state index contributed by atoms with van der Waals surface area (Å²) in [7, 11) is 0. The van der Waals surface area contributed by atoms with Crippen LogP contribution in [0.2, 0.25) is 0 Å². The van der Waals surface area contributed by atoms with Gasteiger partial charge in [-0.2, -0.15) is 0 Å². The average Bonchev–Trinajstić information content (AvgIpc) is 2.29. The zero-order chi connectivity index (χ0) is 11.5. The van der Waals surface area contributed by atoms with Gasteiger partial charge in [-0.3, -0.25) is 4.98 Å². The van der Waals surface area contributed by atoms with Crippen molar-refractivity contribution < 1.29 is 5.11 Å². The lowest BCUT2D eigenvalue weighted by atomic mass is 10.0. The number of halogens is 1. The Labute approximate surface area is 103 Å². The van der Waals surface area contributed by atoms with Crippen LogP contribution in [0.25, 0.3) is 0 Å². The zero-order valence-electron chi connectivity index (χ0n) is 8.89. The Hall–Kier alpha value is -1.19. The number of hydrogen-bond acceptors (Lipinski definition) is 2. The Balaban J connectivity index is 2.31. The first-order valence-corrected chi connectivity index (χ1v) is 5.81. The minimum absolute atomic E-state index is 0.620. The Bertz CT molecular complexity index is 482. The highest BCUT2D eigenvalue weighted by Gasteiger charge is 2.10. The van der Waals surface area contributed by atoms with Gasteiger partial charge in [-0.1, -0.05) is 29.8 Å². The average molecular weight is 278 g/mol. The molecule has 1 atom stereocenters. The third-order valence-electron chi connectivity index (χ3n) is 2.43. The van der Waals surface area contributed by atoms with Crippen molar-refractivity contribution in [3.63, 3.8) is 0 Å². The van der Waals surface area contributed by atoms with Gasteiger partial charge in [0.15, 0.2) is 0 Å². The van der Waals surface area contributed by atoms with Gasteiger partial charge in [-0.05, 0) is 34.5 Å². The van der Waals surface area contributed by atoms with Crippen LogP contribution in [0.5, 0.6) is 0 Å². The van der Waals surface area contributed by atoms with E-state index in [4.69, 9.17) is 0 Å². The molecule has 0 aliphatic heterocycles. The summed E-state index contributed by atoms with van der Waals surface area (Å²) in [5.41, 5.74) is 2.85. The molecule has 0 aliphatic carbocycles. The maximum Gasteiger partial charge on any atom is 0.106 e. The third kappa shape index (κ3) is 2.49. The molecule has 1 unspecified atom stereocenters. The molecule has 2 rings (SSSR count). The fourth-order valence-corrected chi connectivity index (χ4v) is 1.90. The summed E-state index contributed by atoms with van der Waals surface area (Å²) in [6.07, 6.45) is 2.76. The van der Waals surface area contributed by atoms with Gasteiger partial charge < -0.3 is 5.11 Å². The lowest BCUT2D eigenvalue weighted by molar-refractivity contribution is 0.220. The van der Waals surface area contributed by atoms with E-state index in [2.05, 4.69) is 20.9 Å². The molecule has 0 spiro atoms. The first kappa shape index (κ1) is 11.3. The van der Waals surface area contributed by atoms with Gasteiger partial charge in [0.05, 0.1) is 0 Å². The Morgan fingerprint density at radius 1 is 1.12 bits per heavy atom. The molecule has 0 radical (unpaired) electrons. The number of aromatic nitrogens is 1. The highest BCUT2D eigenvalue weighted by Crippen LogP contribution is 2.23. The minimum atomic E-state index is -0.620. The SMILES string of the molecule is Cc1ccc(C(O)c2cncc(Br)c2)cc1. The number of pyridine rings is 1. The van der Waals surface area contributed by atoms with Gasteiger partial charge in [0.25, 0.3) is 0 Å². The van der Waals surface area contributed by atoms with E-state index in [0.717, 1.165) is 15.6 Å². The summed E-state index contributed by atoms with van der Waals surface area (Å²) in [6, 6.07) is 9.72. The van der Waals surface area contributed by atoms with Crippen LogP contribution in [0.4, 0.5) is 0 Å². The van der Waals surface area contributed by atoms with Crippen molar-refractivity contribution >= 4 is 15.9 Å². The van der Waals surface area contributed by atoms with E-state index in [9.17, 15) is 5.11 Å². The first-order chi connectivity index (χ1) is 7.66. The van der Waals surface area contributed by atoms with Crippen LogP contribution >= 0.6 is 15.9 Å². The van der Waals surface area contributed by atoms with Crippen molar-refractivity contribution in [3.05, 3.63) is 63.9 Å². The smallest absolute Gasteiger partial charge is 0.106 e. The zero-order valence-corrected chi connectivity index (χ0v) is 10.5. The third-order valence-corrected chi connectivity index (χ3v) is 2.87. The van der Waals surface area contributed by atoms with Crippen molar-refractivity contribution in [3.8, 4) is 0 Å². The number of nitrogens with zero attached hydrogens (tertiary/aromatic N) is 1. The number of rotatable bonds is 2. The quantitative estimate of drug-likeness (QED) is 0.914. The van der Waals surface area contributed by atoms with Crippen molar-refractivity contribution in [1.29, 1.82) is 0 Å². The standard InChI is InChI=1S/C13H12BrNO/c1-9-2-4-10(5-3-9)13(16)11-6-12(14)8-15-7-11/h2-8,13,16H,1H3. The molecule has 0 saturated carbocycles. The van der Waals surface area contributed by atoms with E-state index >= 15 is 0 Å². The number of aliphatic hydroxyl groups is 1. The van der Waals surface area contributed by atoms with E-state index in [1.165, 1.54) is 5.56 Å². The van der Waals surface area contributed by atoms with Crippen LogP contribution in [-0.2, 0) is 0 Å². The van der Waals surface area contributed by atoms with E-state index in [0.29, 0.717) is 0 Å². The van der Waals surface area contributed by atoms with E-state index in [-0.39, 0.29) is 0 Å². The second-order valence-electron chi connectivity index (χ2n) is 3.75. The number of benzene rings is 1. The molecule has 0 amide bonds. The summed E-state index contributed by atoms with van der Waals surface area (Å²) < 4.78 is 0.871. The molecule has 3 heteroatoms. The number of hydrogen-bond donors (Lipinski definition) is 1. The monoisotopic (exact) mass is 277 g/mol. The Morgan fingerprint density at radius 2 is 1.81 bits per heavy atom. The van der Waals surface area contributed by atoms with Crippen LogP contribution < -0.4 is 0 Å². The van der Waals surface area contributed by atoms with E-state index in [1.54, 1.807) is 12.4 Å². The number of aryl methyl sites for hydroxylation is 1. The Kier molecular flexibility index (Phi) is 3.36. The van der Waals surface area contributed by atoms with Crippen LogP contribution in [0.1, 0.15) is 22.8 Å². The highest BCUT2D eigenvalue weighted by molar-refractivity contribution is 9.10. The highest BCUT2D eigenvalue weighted by atomic mass is 79.9. The van der Waals surface area contributed by atoms with Gasteiger partial charge in [-0.25, -0.2) is 0 Å². The van der Waals surface area contributed by atoms with Gasteiger partial charge in [0.1, 0.15) is 6.10 Å². The molecule has 0 aliphatic rings.